The van der Waals surface area contributed by atoms with Crippen LogP contribution in [0.3, 0.4) is 0 Å². The van der Waals surface area contributed by atoms with Crippen molar-refractivity contribution >= 4 is 21.8 Å². The molecule has 1 fully saturated rings. The lowest BCUT2D eigenvalue weighted by Gasteiger charge is -2.27. The van der Waals surface area contributed by atoms with Crippen molar-refractivity contribution in [3.8, 4) is 0 Å². The summed E-state index contributed by atoms with van der Waals surface area (Å²) < 4.78 is 0. The van der Waals surface area contributed by atoms with Crippen LogP contribution in [0.1, 0.15) is 24.5 Å². The van der Waals surface area contributed by atoms with Gasteiger partial charge < -0.3 is 4.90 Å². The summed E-state index contributed by atoms with van der Waals surface area (Å²) in [5.41, 5.74) is 2.73. The summed E-state index contributed by atoms with van der Waals surface area (Å²) in [5, 5.41) is 0.902. The van der Waals surface area contributed by atoms with Crippen LogP contribution in [0.25, 0.3) is 0 Å². The summed E-state index contributed by atoms with van der Waals surface area (Å²) in [6.45, 7) is 3.19. The zero-order chi connectivity index (χ0) is 13.4. The fourth-order valence-corrected chi connectivity index (χ4v) is 4.47. The molecule has 0 bridgehead atoms. The molecule has 2 aliphatic rings. The van der Waals surface area contributed by atoms with Crippen LogP contribution in [0, 0.1) is 11.8 Å². The van der Waals surface area contributed by atoms with Gasteiger partial charge in [0.15, 0.2) is 0 Å². The maximum absolute atomic E-state index is 12.7. The van der Waals surface area contributed by atoms with Gasteiger partial charge in [-0.25, -0.2) is 0 Å². The predicted molar refractivity (Wildman–Crippen MR) is 80.4 cm³/mol. The lowest BCUT2D eigenvalue weighted by atomic mass is 10.0. The molecule has 0 aromatic heterocycles. The monoisotopic (exact) mass is 321 g/mol. The fourth-order valence-electron chi connectivity index (χ4n) is 3.49. The normalized spacial score (nSPS) is 26.7. The molecule has 1 aliphatic heterocycles. The molecular formula is C16H20BrNO. The highest BCUT2D eigenvalue weighted by Crippen LogP contribution is 2.32. The van der Waals surface area contributed by atoms with Gasteiger partial charge in [-0.3, -0.25) is 4.79 Å². The molecule has 3 heteroatoms. The molecule has 1 aromatic rings. The first-order valence-electron chi connectivity index (χ1n) is 7.14. The first-order chi connectivity index (χ1) is 9.20. The number of nitrogens with zero attached hydrogens (tertiary/aromatic N) is 1. The number of likely N-dealkylation sites (tertiary alicyclic amines) is 1. The molecule has 0 N–H and O–H groups in total. The molecular weight excluding hydrogens is 302 g/mol. The van der Waals surface area contributed by atoms with Crippen molar-refractivity contribution in [2.75, 3.05) is 11.9 Å². The third kappa shape index (κ3) is 2.33. The number of hydrogen-bond acceptors (Lipinski definition) is 1. The average Bonchev–Trinajstić information content (AvgIpc) is 3.00. The van der Waals surface area contributed by atoms with Gasteiger partial charge in [-0.15, -0.1) is 0 Å². The van der Waals surface area contributed by atoms with Crippen molar-refractivity contribution < 1.29 is 4.79 Å². The lowest BCUT2D eigenvalue weighted by Crippen LogP contribution is -2.42. The SMILES string of the molecule is CC1CCN(C(=O)C2Cc3ccccc3C2)C1CBr. The fraction of sp³-hybridized carbons (Fsp3) is 0.562. The maximum atomic E-state index is 12.7. The van der Waals surface area contributed by atoms with Crippen molar-refractivity contribution in [3.05, 3.63) is 35.4 Å². The van der Waals surface area contributed by atoms with E-state index in [9.17, 15) is 4.79 Å². The van der Waals surface area contributed by atoms with E-state index in [-0.39, 0.29) is 5.92 Å². The number of hydrogen-bond donors (Lipinski definition) is 0. The van der Waals surface area contributed by atoms with Crippen LogP contribution >= 0.6 is 15.9 Å². The summed E-state index contributed by atoms with van der Waals surface area (Å²) in [6.07, 6.45) is 2.99. The highest BCUT2D eigenvalue weighted by Gasteiger charge is 2.38. The second kappa shape index (κ2) is 5.28. The molecule has 1 amide bonds. The van der Waals surface area contributed by atoms with Crippen LogP contribution in [0.4, 0.5) is 0 Å². The molecule has 2 nitrogen and oxygen atoms in total. The van der Waals surface area contributed by atoms with Gasteiger partial charge in [-0.2, -0.15) is 0 Å². The second-order valence-electron chi connectivity index (χ2n) is 5.89. The Labute approximate surface area is 123 Å². The van der Waals surface area contributed by atoms with Gasteiger partial charge in [0, 0.05) is 23.8 Å². The van der Waals surface area contributed by atoms with Gasteiger partial charge in [-0.05, 0) is 36.3 Å². The van der Waals surface area contributed by atoms with Crippen LogP contribution in [-0.2, 0) is 17.6 Å². The molecule has 19 heavy (non-hydrogen) atoms. The Hall–Kier alpha value is -0.830. The van der Waals surface area contributed by atoms with E-state index in [1.54, 1.807) is 0 Å². The summed E-state index contributed by atoms with van der Waals surface area (Å²) in [4.78, 5) is 14.9. The Kier molecular flexibility index (Phi) is 3.66. The Bertz CT molecular complexity index is 462. The van der Waals surface area contributed by atoms with Crippen LogP contribution in [-0.4, -0.2) is 28.7 Å². The van der Waals surface area contributed by atoms with Crippen molar-refractivity contribution in [1.82, 2.24) is 4.90 Å². The first kappa shape index (κ1) is 13.2. The van der Waals surface area contributed by atoms with Crippen molar-refractivity contribution in [2.45, 2.75) is 32.2 Å². The van der Waals surface area contributed by atoms with Gasteiger partial charge in [-0.1, -0.05) is 47.1 Å². The maximum Gasteiger partial charge on any atom is 0.226 e. The smallest absolute Gasteiger partial charge is 0.226 e. The Morgan fingerprint density at radius 2 is 1.95 bits per heavy atom. The first-order valence-corrected chi connectivity index (χ1v) is 8.26. The summed E-state index contributed by atoms with van der Waals surface area (Å²) in [7, 11) is 0. The van der Waals surface area contributed by atoms with Crippen LogP contribution in [0.15, 0.2) is 24.3 Å². The Morgan fingerprint density at radius 3 is 2.53 bits per heavy atom. The number of benzene rings is 1. The molecule has 2 unspecified atom stereocenters. The number of fused-ring (bicyclic) bond motifs is 1. The van der Waals surface area contributed by atoms with E-state index < -0.39 is 0 Å². The zero-order valence-electron chi connectivity index (χ0n) is 11.3. The zero-order valence-corrected chi connectivity index (χ0v) is 12.9. The van der Waals surface area contributed by atoms with Crippen molar-refractivity contribution in [3.63, 3.8) is 0 Å². The van der Waals surface area contributed by atoms with Gasteiger partial charge >= 0.3 is 0 Å². The van der Waals surface area contributed by atoms with Crippen LogP contribution in [0.5, 0.6) is 0 Å². The summed E-state index contributed by atoms with van der Waals surface area (Å²) >= 11 is 3.57. The summed E-state index contributed by atoms with van der Waals surface area (Å²) in [6, 6.07) is 8.86. The molecule has 1 saturated heterocycles. The van der Waals surface area contributed by atoms with E-state index in [0.717, 1.165) is 31.1 Å². The highest BCUT2D eigenvalue weighted by molar-refractivity contribution is 9.09. The highest BCUT2D eigenvalue weighted by atomic mass is 79.9. The number of carbonyl (C=O) groups is 1. The molecule has 1 aliphatic carbocycles. The summed E-state index contributed by atoms with van der Waals surface area (Å²) in [5.74, 6) is 1.15. The van der Waals surface area contributed by atoms with Crippen molar-refractivity contribution in [2.24, 2.45) is 11.8 Å². The van der Waals surface area contributed by atoms with E-state index >= 15 is 0 Å². The minimum absolute atomic E-state index is 0.171. The molecule has 0 saturated carbocycles. The van der Waals surface area contributed by atoms with Crippen molar-refractivity contribution in [1.29, 1.82) is 0 Å². The molecule has 0 radical (unpaired) electrons. The topological polar surface area (TPSA) is 20.3 Å². The molecule has 1 heterocycles. The minimum atomic E-state index is 0.171. The van der Waals surface area contributed by atoms with E-state index in [1.807, 2.05) is 0 Å². The van der Waals surface area contributed by atoms with Gasteiger partial charge in [0.25, 0.3) is 0 Å². The van der Waals surface area contributed by atoms with E-state index in [1.165, 1.54) is 11.1 Å². The predicted octanol–water partition coefficient (Wildman–Crippen LogP) is 3.03. The number of halogens is 1. The number of amides is 1. The Morgan fingerprint density at radius 1 is 1.32 bits per heavy atom. The Balaban J connectivity index is 1.73. The largest absolute Gasteiger partial charge is 0.338 e. The standard InChI is InChI=1S/C16H20BrNO/c1-11-6-7-18(15(11)10-17)16(19)14-8-12-4-2-3-5-13(12)9-14/h2-5,11,14-15H,6-10H2,1H3. The molecule has 3 rings (SSSR count). The average molecular weight is 322 g/mol. The number of carbonyl (C=O) groups excluding carboxylic acids is 1. The van der Waals surface area contributed by atoms with Crippen LogP contribution in [0.2, 0.25) is 0 Å². The lowest BCUT2D eigenvalue weighted by molar-refractivity contribution is -0.135. The molecule has 2 atom stereocenters. The van der Waals surface area contributed by atoms with E-state index in [0.29, 0.717) is 17.9 Å². The second-order valence-corrected chi connectivity index (χ2v) is 6.54. The number of alkyl halides is 1. The third-order valence-electron chi connectivity index (χ3n) is 4.72. The van der Waals surface area contributed by atoms with Gasteiger partial charge in [0.05, 0.1) is 0 Å². The van der Waals surface area contributed by atoms with Crippen LogP contribution < -0.4 is 0 Å². The molecule has 102 valence electrons. The minimum Gasteiger partial charge on any atom is -0.338 e. The quantitative estimate of drug-likeness (QED) is 0.767. The number of rotatable bonds is 2. The molecule has 0 spiro atoms. The third-order valence-corrected chi connectivity index (χ3v) is 5.39. The van der Waals surface area contributed by atoms with E-state index in [4.69, 9.17) is 0 Å². The van der Waals surface area contributed by atoms with E-state index in [2.05, 4.69) is 52.0 Å². The van der Waals surface area contributed by atoms with Gasteiger partial charge in [0.1, 0.15) is 0 Å². The van der Waals surface area contributed by atoms with Gasteiger partial charge in [0.2, 0.25) is 5.91 Å². The molecule has 1 aromatic carbocycles.